The first-order valence-electron chi connectivity index (χ1n) is 10.1. The molecule has 4 aliphatic rings. The molecule has 0 spiro atoms. The molecule has 4 aliphatic heterocycles. The minimum Gasteiger partial charge on any atom is -0.477 e. The third-order valence-corrected chi connectivity index (χ3v) is 7.85. The Bertz CT molecular complexity index is 678. The van der Waals surface area contributed by atoms with Gasteiger partial charge in [-0.05, 0) is 26.3 Å². The van der Waals surface area contributed by atoms with Crippen molar-refractivity contribution in [2.75, 3.05) is 26.2 Å². The Balaban J connectivity index is 1.39. The predicted octanol–water partition coefficient (Wildman–Crippen LogP) is -0.0177. The molecular formula is C19H29N3O5S. The van der Waals surface area contributed by atoms with Crippen LogP contribution in [0.2, 0.25) is 0 Å². The van der Waals surface area contributed by atoms with E-state index in [2.05, 4.69) is 10.6 Å². The first-order valence-corrected chi connectivity index (χ1v) is 11.0. The van der Waals surface area contributed by atoms with Crippen LogP contribution in [0, 0.1) is 11.8 Å². The van der Waals surface area contributed by atoms with Gasteiger partial charge in [0, 0.05) is 35.2 Å². The molecular weight excluding hydrogens is 382 g/mol. The lowest BCUT2D eigenvalue weighted by Gasteiger charge is -2.46. The fourth-order valence-electron chi connectivity index (χ4n) is 4.88. The maximum absolute atomic E-state index is 12.4. The van der Waals surface area contributed by atoms with E-state index in [1.54, 1.807) is 18.7 Å². The van der Waals surface area contributed by atoms with E-state index < -0.39 is 18.0 Å². The fraction of sp³-hybridized carbons (Fsp3) is 0.789. The second kappa shape index (κ2) is 7.95. The molecule has 9 heteroatoms. The van der Waals surface area contributed by atoms with Crippen molar-refractivity contribution in [2.45, 2.75) is 56.2 Å². The van der Waals surface area contributed by atoms with Gasteiger partial charge in [0.2, 0.25) is 5.91 Å². The molecule has 0 bridgehead atoms. The van der Waals surface area contributed by atoms with Crippen molar-refractivity contribution in [1.29, 1.82) is 0 Å². The molecule has 3 fully saturated rings. The number of carbonyl (C=O) groups is 2. The highest BCUT2D eigenvalue weighted by Crippen LogP contribution is 2.51. The van der Waals surface area contributed by atoms with Crippen molar-refractivity contribution in [1.82, 2.24) is 15.5 Å². The molecule has 4 heterocycles. The lowest BCUT2D eigenvalue weighted by Crippen LogP contribution is -2.63. The second-order valence-corrected chi connectivity index (χ2v) is 9.64. The van der Waals surface area contributed by atoms with E-state index in [0.717, 1.165) is 37.4 Å². The summed E-state index contributed by atoms with van der Waals surface area (Å²) in [7, 11) is 0. The second-order valence-electron chi connectivity index (χ2n) is 8.30. The number of hydrogen-bond donors (Lipinski definition) is 4. The number of nitrogens with one attached hydrogen (secondary N) is 2. The molecule has 0 aromatic carbocycles. The van der Waals surface area contributed by atoms with Gasteiger partial charge in [-0.25, -0.2) is 4.79 Å². The van der Waals surface area contributed by atoms with E-state index >= 15 is 0 Å². The van der Waals surface area contributed by atoms with Crippen molar-refractivity contribution >= 4 is 23.6 Å². The number of thioether (sulfide) groups is 1. The lowest BCUT2D eigenvalue weighted by molar-refractivity contribution is -0.163. The number of β-lactam (4-membered cyclic amide) rings is 1. The average molecular weight is 412 g/mol. The number of rotatable bonds is 7. The summed E-state index contributed by atoms with van der Waals surface area (Å²) in [6.45, 7) is 6.95. The quantitative estimate of drug-likeness (QED) is 0.433. The Morgan fingerprint density at radius 2 is 2.21 bits per heavy atom. The zero-order valence-corrected chi connectivity index (χ0v) is 17.1. The Morgan fingerprint density at radius 3 is 2.86 bits per heavy atom. The van der Waals surface area contributed by atoms with Crippen molar-refractivity contribution < 1.29 is 24.5 Å². The van der Waals surface area contributed by atoms with Gasteiger partial charge in [0.25, 0.3) is 0 Å². The number of aliphatic carboxylic acids is 1. The number of aliphatic hydroxyl groups is 1. The maximum atomic E-state index is 12.4. The van der Waals surface area contributed by atoms with Crippen LogP contribution in [0.5, 0.6) is 0 Å². The summed E-state index contributed by atoms with van der Waals surface area (Å²) in [5.41, 5.74) is 0.112. The lowest BCUT2D eigenvalue weighted by atomic mass is 9.79. The third kappa shape index (κ3) is 3.47. The zero-order chi connectivity index (χ0) is 20.0. The van der Waals surface area contributed by atoms with Crippen molar-refractivity contribution in [3.05, 3.63) is 10.6 Å². The molecule has 8 nitrogen and oxygen atoms in total. The van der Waals surface area contributed by atoms with Gasteiger partial charge in [0.15, 0.2) is 0 Å². The van der Waals surface area contributed by atoms with Crippen LogP contribution in [-0.2, 0) is 14.3 Å². The number of carboxylic acid groups (broad SMARTS) is 1. The highest BCUT2D eigenvalue weighted by Gasteiger charge is 2.60. The summed E-state index contributed by atoms with van der Waals surface area (Å²) in [5.74, 6) is -1.92. The third-order valence-electron chi connectivity index (χ3n) is 6.33. The number of aliphatic hydroxyl groups excluding tert-OH is 1. The van der Waals surface area contributed by atoms with Gasteiger partial charge in [-0.1, -0.05) is 6.92 Å². The first kappa shape index (κ1) is 20.2. The summed E-state index contributed by atoms with van der Waals surface area (Å²) < 4.78 is 5.96. The Labute approximate surface area is 169 Å². The molecule has 4 N–H and O–H groups in total. The number of hydrogen-bond acceptors (Lipinski definition) is 7. The number of fused-ring (bicyclic) bond motifs is 1. The van der Waals surface area contributed by atoms with Crippen LogP contribution in [0.4, 0.5) is 0 Å². The summed E-state index contributed by atoms with van der Waals surface area (Å²) in [4.78, 5) is 26.5. The van der Waals surface area contributed by atoms with Gasteiger partial charge < -0.3 is 30.5 Å². The van der Waals surface area contributed by atoms with E-state index in [0.29, 0.717) is 6.61 Å². The number of carboxylic acids is 1. The van der Waals surface area contributed by atoms with Crippen LogP contribution in [0.1, 0.15) is 26.7 Å². The number of ether oxygens (including phenoxy) is 1. The van der Waals surface area contributed by atoms with Crippen LogP contribution in [0.3, 0.4) is 0 Å². The molecule has 4 rings (SSSR count). The minimum atomic E-state index is -1.06. The number of nitrogens with zero attached hydrogens (tertiary/aromatic N) is 1. The Hall–Kier alpha value is -1.13. The normalized spacial score (nSPS) is 38.7. The van der Waals surface area contributed by atoms with Gasteiger partial charge in [0.1, 0.15) is 5.70 Å². The maximum Gasteiger partial charge on any atom is 0.353 e. The summed E-state index contributed by atoms with van der Waals surface area (Å²) in [6.07, 6.45) is 1.48. The highest BCUT2D eigenvalue weighted by atomic mass is 32.2. The van der Waals surface area contributed by atoms with E-state index in [1.165, 1.54) is 4.90 Å². The SMILES string of the molecule is C[C@@H](O)[C@H]1C(=O)N2C(C(=O)O)=C(S[C@@H]3CN[C@H](CO[C@@H]4CCNC4)C3)[C@H](C)[C@H]12. The molecule has 3 saturated heterocycles. The van der Waals surface area contributed by atoms with Gasteiger partial charge in [0.05, 0.1) is 30.8 Å². The highest BCUT2D eigenvalue weighted by molar-refractivity contribution is 8.03. The molecule has 0 radical (unpaired) electrons. The van der Waals surface area contributed by atoms with Crippen LogP contribution in [0.25, 0.3) is 0 Å². The molecule has 0 unspecified atom stereocenters. The van der Waals surface area contributed by atoms with E-state index in [-0.39, 0.29) is 41.0 Å². The van der Waals surface area contributed by atoms with Gasteiger partial charge in [-0.2, -0.15) is 0 Å². The van der Waals surface area contributed by atoms with Crippen molar-refractivity contribution in [3.63, 3.8) is 0 Å². The van der Waals surface area contributed by atoms with Gasteiger partial charge >= 0.3 is 5.97 Å². The first-order chi connectivity index (χ1) is 13.4. The van der Waals surface area contributed by atoms with Crippen LogP contribution >= 0.6 is 11.8 Å². The van der Waals surface area contributed by atoms with E-state index in [4.69, 9.17) is 4.74 Å². The van der Waals surface area contributed by atoms with E-state index in [1.807, 2.05) is 6.92 Å². The van der Waals surface area contributed by atoms with Crippen molar-refractivity contribution in [3.8, 4) is 0 Å². The summed E-state index contributed by atoms with van der Waals surface area (Å²) >= 11 is 1.58. The molecule has 156 valence electrons. The van der Waals surface area contributed by atoms with Crippen LogP contribution in [0.15, 0.2) is 10.6 Å². The Morgan fingerprint density at radius 1 is 1.43 bits per heavy atom. The molecule has 0 saturated carbocycles. The van der Waals surface area contributed by atoms with Gasteiger partial charge in [-0.3, -0.25) is 4.79 Å². The zero-order valence-electron chi connectivity index (χ0n) is 16.3. The van der Waals surface area contributed by atoms with Gasteiger partial charge in [-0.15, -0.1) is 11.8 Å². The molecule has 0 aromatic heterocycles. The largest absolute Gasteiger partial charge is 0.477 e. The minimum absolute atomic E-state index is 0.0757. The predicted molar refractivity (Wildman–Crippen MR) is 105 cm³/mol. The molecule has 1 amide bonds. The summed E-state index contributed by atoms with van der Waals surface area (Å²) in [5, 5.41) is 26.7. The fourth-order valence-corrected chi connectivity index (χ4v) is 6.40. The van der Waals surface area contributed by atoms with E-state index in [9.17, 15) is 19.8 Å². The number of amides is 1. The topological polar surface area (TPSA) is 111 Å². The molecule has 0 aliphatic carbocycles. The standard InChI is InChI=1S/C19H29N3O5S/c1-9-15-14(10(2)23)18(24)22(15)16(19(25)26)17(9)28-13-5-11(21-7-13)8-27-12-3-4-20-6-12/h9-15,20-21,23H,3-8H2,1-2H3,(H,25,26)/t9-,10-,11+,12-,13+,14-,15-/m1/s1. The Kier molecular flexibility index (Phi) is 5.72. The molecule has 0 aromatic rings. The molecule has 28 heavy (non-hydrogen) atoms. The monoisotopic (exact) mass is 411 g/mol. The summed E-state index contributed by atoms with van der Waals surface area (Å²) in [6, 6.07) is 0.0250. The van der Waals surface area contributed by atoms with Crippen molar-refractivity contribution in [2.24, 2.45) is 11.8 Å². The van der Waals surface area contributed by atoms with Crippen LogP contribution < -0.4 is 10.6 Å². The number of carbonyl (C=O) groups excluding carboxylic acids is 1. The average Bonchev–Trinajstić information content (AvgIpc) is 3.34. The molecule has 7 atom stereocenters. The smallest absolute Gasteiger partial charge is 0.353 e. The van der Waals surface area contributed by atoms with Crippen LogP contribution in [-0.4, -0.2) is 82.8 Å².